The highest BCUT2D eigenvalue weighted by Crippen LogP contribution is 2.33. The average molecular weight is 271 g/mol. The Morgan fingerprint density at radius 2 is 1.85 bits per heavy atom. The number of benzene rings is 2. The number of anilines is 1. The maximum atomic E-state index is 9.82. The number of nitrogens with one attached hydrogen (secondary N) is 1. The van der Waals surface area contributed by atoms with E-state index in [0.29, 0.717) is 25.5 Å². The van der Waals surface area contributed by atoms with Gasteiger partial charge in [-0.25, -0.2) is 0 Å². The van der Waals surface area contributed by atoms with E-state index < -0.39 is 0 Å². The van der Waals surface area contributed by atoms with Gasteiger partial charge in [-0.2, -0.15) is 0 Å². The molecule has 4 nitrogen and oxygen atoms in total. The lowest BCUT2D eigenvalue weighted by Crippen LogP contribution is -2.15. The lowest BCUT2D eigenvalue weighted by Gasteiger charge is -2.19. The summed E-state index contributed by atoms with van der Waals surface area (Å²) in [6, 6.07) is 11.3. The summed E-state index contributed by atoms with van der Waals surface area (Å²) in [5, 5.41) is 13.1. The molecule has 104 valence electrons. The summed E-state index contributed by atoms with van der Waals surface area (Å²) < 4.78 is 11.0. The summed E-state index contributed by atoms with van der Waals surface area (Å²) in [6.07, 6.45) is 0. The number of aryl methyl sites for hydroxylation is 1. The molecule has 0 saturated carbocycles. The predicted molar refractivity (Wildman–Crippen MR) is 77.6 cm³/mol. The minimum Gasteiger partial charge on any atom is -0.508 e. The van der Waals surface area contributed by atoms with Gasteiger partial charge < -0.3 is 19.9 Å². The topological polar surface area (TPSA) is 50.7 Å². The maximum absolute atomic E-state index is 9.82. The van der Waals surface area contributed by atoms with Crippen LogP contribution in [0.5, 0.6) is 17.2 Å². The van der Waals surface area contributed by atoms with Crippen LogP contribution in [-0.4, -0.2) is 18.3 Å². The zero-order chi connectivity index (χ0) is 13.9. The van der Waals surface area contributed by atoms with Gasteiger partial charge in [-0.1, -0.05) is 17.7 Å². The van der Waals surface area contributed by atoms with Crippen molar-refractivity contribution in [3.63, 3.8) is 0 Å². The van der Waals surface area contributed by atoms with Crippen molar-refractivity contribution >= 4 is 5.69 Å². The van der Waals surface area contributed by atoms with Gasteiger partial charge in [0.05, 0.1) is 0 Å². The Morgan fingerprint density at radius 3 is 2.70 bits per heavy atom. The summed E-state index contributed by atoms with van der Waals surface area (Å²) in [4.78, 5) is 0. The van der Waals surface area contributed by atoms with Crippen LogP contribution in [0.4, 0.5) is 5.69 Å². The summed E-state index contributed by atoms with van der Waals surface area (Å²) in [5.41, 5.74) is 2.94. The van der Waals surface area contributed by atoms with E-state index in [4.69, 9.17) is 9.47 Å². The van der Waals surface area contributed by atoms with Crippen molar-refractivity contribution in [2.75, 3.05) is 18.5 Å². The maximum Gasteiger partial charge on any atom is 0.163 e. The van der Waals surface area contributed by atoms with Crippen molar-refractivity contribution in [3.8, 4) is 17.2 Å². The summed E-state index contributed by atoms with van der Waals surface area (Å²) in [6.45, 7) is 3.74. The van der Waals surface area contributed by atoms with Crippen LogP contribution in [0.1, 0.15) is 11.1 Å². The SMILES string of the molecule is Cc1ccc(O)c(CNc2ccc3c(c2)OCCO3)c1. The molecule has 0 amide bonds. The quantitative estimate of drug-likeness (QED) is 0.900. The minimum atomic E-state index is 0.306. The van der Waals surface area contributed by atoms with Crippen molar-refractivity contribution in [3.05, 3.63) is 47.5 Å². The zero-order valence-corrected chi connectivity index (χ0v) is 11.3. The lowest BCUT2D eigenvalue weighted by molar-refractivity contribution is 0.171. The molecule has 1 aliphatic rings. The first kappa shape index (κ1) is 12.7. The fraction of sp³-hybridized carbons (Fsp3) is 0.250. The molecule has 3 rings (SSSR count). The molecule has 4 heteroatoms. The fourth-order valence-electron chi connectivity index (χ4n) is 2.21. The smallest absolute Gasteiger partial charge is 0.163 e. The van der Waals surface area contributed by atoms with Crippen LogP contribution < -0.4 is 14.8 Å². The van der Waals surface area contributed by atoms with Crippen molar-refractivity contribution in [2.45, 2.75) is 13.5 Å². The third-order valence-electron chi connectivity index (χ3n) is 3.26. The van der Waals surface area contributed by atoms with Gasteiger partial charge >= 0.3 is 0 Å². The second-order valence-electron chi connectivity index (χ2n) is 4.84. The molecular weight excluding hydrogens is 254 g/mol. The monoisotopic (exact) mass is 271 g/mol. The number of aromatic hydroxyl groups is 1. The summed E-state index contributed by atoms with van der Waals surface area (Å²) in [5.74, 6) is 1.84. The molecule has 2 aromatic rings. The van der Waals surface area contributed by atoms with E-state index in [1.807, 2.05) is 37.3 Å². The van der Waals surface area contributed by atoms with Gasteiger partial charge in [0.1, 0.15) is 19.0 Å². The molecule has 1 heterocycles. The van der Waals surface area contributed by atoms with Crippen LogP contribution in [0.2, 0.25) is 0 Å². The van der Waals surface area contributed by atoms with E-state index in [1.54, 1.807) is 6.07 Å². The standard InChI is InChI=1S/C16H17NO3/c1-11-2-4-14(18)12(8-11)10-17-13-3-5-15-16(9-13)20-7-6-19-15/h2-5,8-9,17-18H,6-7,10H2,1H3. The molecule has 0 aromatic heterocycles. The largest absolute Gasteiger partial charge is 0.508 e. The molecule has 0 bridgehead atoms. The summed E-state index contributed by atoms with van der Waals surface area (Å²) >= 11 is 0. The van der Waals surface area contributed by atoms with Crippen molar-refractivity contribution in [1.29, 1.82) is 0 Å². The van der Waals surface area contributed by atoms with E-state index in [0.717, 1.165) is 28.3 Å². The van der Waals surface area contributed by atoms with Gasteiger partial charge in [0, 0.05) is 23.9 Å². The van der Waals surface area contributed by atoms with Crippen LogP contribution in [0.3, 0.4) is 0 Å². The van der Waals surface area contributed by atoms with Crippen LogP contribution in [0.25, 0.3) is 0 Å². The third-order valence-corrected chi connectivity index (χ3v) is 3.26. The Bertz CT molecular complexity index is 625. The van der Waals surface area contributed by atoms with E-state index in [9.17, 15) is 5.11 Å². The first-order chi connectivity index (χ1) is 9.72. The van der Waals surface area contributed by atoms with Crippen molar-refractivity contribution < 1.29 is 14.6 Å². The Morgan fingerprint density at radius 1 is 1.05 bits per heavy atom. The Hall–Kier alpha value is -2.36. The van der Waals surface area contributed by atoms with Gasteiger partial charge in [0.2, 0.25) is 0 Å². The zero-order valence-electron chi connectivity index (χ0n) is 11.3. The number of phenolic OH excluding ortho intramolecular Hbond substituents is 1. The lowest BCUT2D eigenvalue weighted by atomic mass is 10.1. The van der Waals surface area contributed by atoms with Gasteiger partial charge in [0.25, 0.3) is 0 Å². The van der Waals surface area contributed by atoms with Crippen molar-refractivity contribution in [2.24, 2.45) is 0 Å². The molecule has 1 aliphatic heterocycles. The highest BCUT2D eigenvalue weighted by molar-refractivity contribution is 5.55. The molecule has 0 saturated heterocycles. The number of hydrogen-bond acceptors (Lipinski definition) is 4. The number of fused-ring (bicyclic) bond motifs is 1. The van der Waals surface area contributed by atoms with E-state index in [1.165, 1.54) is 0 Å². The Kier molecular flexibility index (Phi) is 3.37. The highest BCUT2D eigenvalue weighted by atomic mass is 16.6. The molecule has 2 N–H and O–H groups in total. The van der Waals surface area contributed by atoms with E-state index in [-0.39, 0.29) is 0 Å². The molecule has 0 unspecified atom stereocenters. The van der Waals surface area contributed by atoms with Gasteiger partial charge in [-0.15, -0.1) is 0 Å². The Labute approximate surface area is 118 Å². The first-order valence-corrected chi connectivity index (χ1v) is 6.64. The third kappa shape index (κ3) is 2.64. The molecule has 2 aromatic carbocycles. The minimum absolute atomic E-state index is 0.306. The Balaban J connectivity index is 1.73. The number of rotatable bonds is 3. The first-order valence-electron chi connectivity index (χ1n) is 6.64. The molecule has 0 spiro atoms. The van der Waals surface area contributed by atoms with Crippen LogP contribution in [0.15, 0.2) is 36.4 Å². The van der Waals surface area contributed by atoms with Gasteiger partial charge in [-0.3, -0.25) is 0 Å². The second-order valence-corrected chi connectivity index (χ2v) is 4.84. The molecule has 0 aliphatic carbocycles. The van der Waals surface area contributed by atoms with Crippen molar-refractivity contribution in [1.82, 2.24) is 0 Å². The molecular formula is C16H17NO3. The predicted octanol–water partition coefficient (Wildman–Crippen LogP) is 3.08. The van der Waals surface area contributed by atoms with E-state index >= 15 is 0 Å². The second kappa shape index (κ2) is 5.33. The molecule has 0 atom stereocenters. The molecule has 0 fully saturated rings. The fourth-order valence-corrected chi connectivity index (χ4v) is 2.21. The number of phenols is 1. The van der Waals surface area contributed by atoms with E-state index in [2.05, 4.69) is 5.32 Å². The summed E-state index contributed by atoms with van der Waals surface area (Å²) in [7, 11) is 0. The van der Waals surface area contributed by atoms with Gasteiger partial charge in [0.15, 0.2) is 11.5 Å². The van der Waals surface area contributed by atoms with Crippen LogP contribution in [0, 0.1) is 6.92 Å². The highest BCUT2D eigenvalue weighted by Gasteiger charge is 2.11. The molecule has 20 heavy (non-hydrogen) atoms. The van der Waals surface area contributed by atoms with Crippen LogP contribution >= 0.6 is 0 Å². The average Bonchev–Trinajstić information content (AvgIpc) is 2.48. The number of ether oxygens (including phenoxy) is 2. The number of hydrogen-bond donors (Lipinski definition) is 2. The molecule has 0 radical (unpaired) electrons. The normalized spacial score (nSPS) is 13.1. The van der Waals surface area contributed by atoms with Gasteiger partial charge in [-0.05, 0) is 25.1 Å². The van der Waals surface area contributed by atoms with Crippen LogP contribution in [-0.2, 0) is 6.54 Å².